The zero-order valence-electron chi connectivity index (χ0n) is 9.16. The summed E-state index contributed by atoms with van der Waals surface area (Å²) in [6.07, 6.45) is 0. The van der Waals surface area contributed by atoms with Gasteiger partial charge in [0.1, 0.15) is 0 Å². The van der Waals surface area contributed by atoms with Crippen molar-refractivity contribution in [2.75, 3.05) is 14.1 Å². The van der Waals surface area contributed by atoms with E-state index in [-0.39, 0.29) is 0 Å². The monoisotopic (exact) mass is 220 g/mol. The maximum atomic E-state index is 5.62. The lowest BCUT2D eigenvalue weighted by Gasteiger charge is -2.05. The van der Waals surface area contributed by atoms with Crippen molar-refractivity contribution in [2.45, 2.75) is 13.1 Å². The van der Waals surface area contributed by atoms with E-state index >= 15 is 0 Å². The summed E-state index contributed by atoms with van der Waals surface area (Å²) in [7, 11) is 4.19. The third-order valence-corrected chi connectivity index (χ3v) is 3.44. The van der Waals surface area contributed by atoms with Gasteiger partial charge in [0.25, 0.3) is 0 Å². The fourth-order valence-corrected chi connectivity index (χ4v) is 2.83. The van der Waals surface area contributed by atoms with Crippen molar-refractivity contribution in [3.63, 3.8) is 0 Å². The summed E-state index contributed by atoms with van der Waals surface area (Å²) in [5.41, 5.74) is 6.83. The van der Waals surface area contributed by atoms with Crippen LogP contribution in [0.4, 0.5) is 0 Å². The highest BCUT2D eigenvalue weighted by atomic mass is 32.1. The van der Waals surface area contributed by atoms with Gasteiger partial charge in [0.05, 0.1) is 0 Å². The average molecular weight is 220 g/mol. The molecule has 3 heteroatoms. The van der Waals surface area contributed by atoms with Gasteiger partial charge in [0, 0.05) is 22.7 Å². The van der Waals surface area contributed by atoms with Gasteiger partial charge in [0.15, 0.2) is 0 Å². The van der Waals surface area contributed by atoms with Crippen molar-refractivity contribution in [2.24, 2.45) is 5.73 Å². The summed E-state index contributed by atoms with van der Waals surface area (Å²) in [6.45, 7) is 1.63. The quantitative estimate of drug-likeness (QED) is 0.860. The number of benzene rings is 1. The Hall–Kier alpha value is -0.900. The van der Waals surface area contributed by atoms with Crippen LogP contribution in [0.1, 0.15) is 10.4 Å². The van der Waals surface area contributed by atoms with Crippen LogP contribution in [0.5, 0.6) is 0 Å². The lowest BCUT2D eigenvalue weighted by Crippen LogP contribution is -2.09. The summed E-state index contributed by atoms with van der Waals surface area (Å²) < 4.78 is 1.35. The third kappa shape index (κ3) is 2.37. The molecule has 0 aliphatic rings. The van der Waals surface area contributed by atoms with Gasteiger partial charge in [-0.2, -0.15) is 0 Å². The number of hydrogen-bond donors (Lipinski definition) is 1. The van der Waals surface area contributed by atoms with Crippen LogP contribution in [0.15, 0.2) is 24.3 Å². The van der Waals surface area contributed by atoms with E-state index in [1.807, 2.05) is 11.3 Å². The maximum Gasteiger partial charge on any atom is 0.0346 e. The van der Waals surface area contributed by atoms with Gasteiger partial charge < -0.3 is 10.6 Å². The topological polar surface area (TPSA) is 29.3 Å². The summed E-state index contributed by atoms with van der Waals surface area (Å²) in [4.78, 5) is 3.60. The summed E-state index contributed by atoms with van der Waals surface area (Å²) >= 11 is 1.86. The summed E-state index contributed by atoms with van der Waals surface area (Å²) in [5.74, 6) is 0. The maximum absolute atomic E-state index is 5.62. The Labute approximate surface area is 94.3 Å². The SMILES string of the molecule is CN(C)Cc1cc2cc(CN)ccc2s1. The van der Waals surface area contributed by atoms with Gasteiger partial charge in [-0.15, -0.1) is 11.3 Å². The van der Waals surface area contributed by atoms with Gasteiger partial charge in [-0.25, -0.2) is 0 Å². The number of thiophene rings is 1. The Bertz CT molecular complexity index is 460. The molecular weight excluding hydrogens is 204 g/mol. The molecule has 2 N–H and O–H groups in total. The van der Waals surface area contributed by atoms with E-state index in [9.17, 15) is 0 Å². The molecule has 0 bridgehead atoms. The molecular formula is C12H16N2S. The lowest BCUT2D eigenvalue weighted by atomic mass is 10.1. The molecule has 0 unspecified atom stereocenters. The Morgan fingerprint density at radius 2 is 2.07 bits per heavy atom. The van der Waals surface area contributed by atoms with Crippen LogP contribution in [0, 0.1) is 0 Å². The normalized spacial score (nSPS) is 11.5. The average Bonchev–Trinajstić information content (AvgIpc) is 2.57. The van der Waals surface area contributed by atoms with Crippen molar-refractivity contribution >= 4 is 21.4 Å². The Morgan fingerprint density at radius 3 is 2.73 bits per heavy atom. The molecule has 0 amide bonds. The molecule has 15 heavy (non-hydrogen) atoms. The van der Waals surface area contributed by atoms with E-state index in [0.717, 1.165) is 6.54 Å². The minimum atomic E-state index is 0.620. The van der Waals surface area contributed by atoms with Gasteiger partial charge in [-0.05, 0) is 43.2 Å². The highest BCUT2D eigenvalue weighted by Crippen LogP contribution is 2.27. The molecule has 1 aromatic heterocycles. The molecule has 1 heterocycles. The largest absolute Gasteiger partial charge is 0.326 e. The molecule has 2 nitrogen and oxygen atoms in total. The number of rotatable bonds is 3. The van der Waals surface area contributed by atoms with Gasteiger partial charge in [-0.1, -0.05) is 6.07 Å². The Morgan fingerprint density at radius 1 is 1.27 bits per heavy atom. The van der Waals surface area contributed by atoms with E-state index < -0.39 is 0 Å². The van der Waals surface area contributed by atoms with Crippen LogP contribution in [0.25, 0.3) is 10.1 Å². The van der Waals surface area contributed by atoms with E-state index in [4.69, 9.17) is 5.73 Å². The first-order chi connectivity index (χ1) is 7.19. The van der Waals surface area contributed by atoms with Crippen LogP contribution in [0.2, 0.25) is 0 Å². The molecule has 0 fully saturated rings. The Kier molecular flexibility index (Phi) is 3.05. The highest BCUT2D eigenvalue weighted by molar-refractivity contribution is 7.19. The van der Waals surface area contributed by atoms with Crippen LogP contribution in [-0.2, 0) is 13.1 Å². The molecule has 0 aliphatic carbocycles. The molecule has 1 aromatic carbocycles. The molecule has 0 saturated carbocycles. The minimum absolute atomic E-state index is 0.620. The fourth-order valence-electron chi connectivity index (χ4n) is 1.66. The van der Waals surface area contributed by atoms with Crippen molar-refractivity contribution in [1.82, 2.24) is 4.90 Å². The Balaban J connectivity index is 2.37. The minimum Gasteiger partial charge on any atom is -0.326 e. The van der Waals surface area contributed by atoms with Gasteiger partial charge in [-0.3, -0.25) is 0 Å². The number of nitrogens with zero attached hydrogens (tertiary/aromatic N) is 1. The molecule has 2 aromatic rings. The second kappa shape index (κ2) is 4.31. The third-order valence-electron chi connectivity index (χ3n) is 2.34. The predicted molar refractivity (Wildman–Crippen MR) is 67.1 cm³/mol. The van der Waals surface area contributed by atoms with E-state index in [0.29, 0.717) is 6.54 Å². The van der Waals surface area contributed by atoms with Crippen molar-refractivity contribution in [1.29, 1.82) is 0 Å². The number of nitrogens with two attached hydrogens (primary N) is 1. The van der Waals surface area contributed by atoms with Crippen molar-refractivity contribution < 1.29 is 0 Å². The predicted octanol–water partition coefficient (Wildman–Crippen LogP) is 2.42. The standard InChI is InChI=1S/C12H16N2S/c1-14(2)8-11-6-10-5-9(7-13)3-4-12(10)15-11/h3-6H,7-8,13H2,1-2H3. The van der Waals surface area contributed by atoms with Crippen molar-refractivity contribution in [3.05, 3.63) is 34.7 Å². The van der Waals surface area contributed by atoms with Gasteiger partial charge in [0.2, 0.25) is 0 Å². The second-order valence-corrected chi connectivity index (χ2v) is 5.20. The first-order valence-corrected chi connectivity index (χ1v) is 5.87. The molecule has 2 rings (SSSR count). The van der Waals surface area contributed by atoms with Crippen LogP contribution in [0.3, 0.4) is 0 Å². The van der Waals surface area contributed by atoms with E-state index in [1.165, 1.54) is 20.5 Å². The zero-order valence-corrected chi connectivity index (χ0v) is 9.97. The van der Waals surface area contributed by atoms with Crippen LogP contribution in [-0.4, -0.2) is 19.0 Å². The molecule has 0 aliphatic heterocycles. The fraction of sp³-hybridized carbons (Fsp3) is 0.333. The highest BCUT2D eigenvalue weighted by Gasteiger charge is 2.03. The van der Waals surface area contributed by atoms with E-state index in [2.05, 4.69) is 43.3 Å². The zero-order chi connectivity index (χ0) is 10.8. The molecule has 80 valence electrons. The van der Waals surface area contributed by atoms with E-state index in [1.54, 1.807) is 0 Å². The lowest BCUT2D eigenvalue weighted by molar-refractivity contribution is 0.406. The first-order valence-electron chi connectivity index (χ1n) is 5.05. The number of hydrogen-bond acceptors (Lipinski definition) is 3. The molecule has 0 spiro atoms. The van der Waals surface area contributed by atoms with Gasteiger partial charge >= 0.3 is 0 Å². The molecule has 0 atom stereocenters. The first kappa shape index (κ1) is 10.6. The molecule has 0 radical (unpaired) electrons. The smallest absolute Gasteiger partial charge is 0.0346 e. The van der Waals surface area contributed by atoms with Crippen LogP contribution >= 0.6 is 11.3 Å². The summed E-state index contributed by atoms with van der Waals surface area (Å²) in [5, 5.41) is 1.32. The number of fused-ring (bicyclic) bond motifs is 1. The summed E-state index contributed by atoms with van der Waals surface area (Å²) in [6, 6.07) is 8.73. The second-order valence-electron chi connectivity index (χ2n) is 4.03. The van der Waals surface area contributed by atoms with Crippen LogP contribution < -0.4 is 5.73 Å². The van der Waals surface area contributed by atoms with Crippen molar-refractivity contribution in [3.8, 4) is 0 Å². The molecule has 0 saturated heterocycles.